The van der Waals surface area contributed by atoms with Crippen molar-refractivity contribution in [2.24, 2.45) is 5.73 Å². The molecule has 1 amide bonds. The van der Waals surface area contributed by atoms with Gasteiger partial charge in [0.15, 0.2) is 5.82 Å². The van der Waals surface area contributed by atoms with E-state index in [0.29, 0.717) is 12.0 Å². The first-order valence-electron chi connectivity index (χ1n) is 13.8. The van der Waals surface area contributed by atoms with Crippen LogP contribution in [0.4, 0.5) is 17.5 Å². The Labute approximate surface area is 230 Å². The maximum Gasteiger partial charge on any atom is 0.230 e. The molecule has 9 heteroatoms. The van der Waals surface area contributed by atoms with Gasteiger partial charge in [-0.15, -0.1) is 0 Å². The number of nitrogens with zero attached hydrogens (tertiary/aromatic N) is 6. The number of carbonyl (C=O) groups excluding carboxylic acids is 1. The van der Waals surface area contributed by atoms with Crippen LogP contribution in [0, 0.1) is 13.8 Å². The van der Waals surface area contributed by atoms with E-state index >= 15 is 0 Å². The molecule has 2 aliphatic rings. The number of carbonyl (C=O) groups is 1. The van der Waals surface area contributed by atoms with E-state index in [4.69, 9.17) is 19.7 Å². The van der Waals surface area contributed by atoms with Gasteiger partial charge in [-0.1, -0.05) is 43.2 Å². The molecule has 204 valence electrons. The first kappa shape index (κ1) is 26.6. The number of nitrogens with one attached hydrogen (secondary N) is 1. The predicted molar refractivity (Wildman–Crippen MR) is 156 cm³/mol. The fourth-order valence-corrected chi connectivity index (χ4v) is 5.90. The molecule has 1 saturated heterocycles. The lowest BCUT2D eigenvalue weighted by molar-refractivity contribution is -0.106. The van der Waals surface area contributed by atoms with Crippen molar-refractivity contribution in [2.45, 2.75) is 52.1 Å². The van der Waals surface area contributed by atoms with Crippen LogP contribution in [-0.4, -0.2) is 57.0 Å². The average molecular weight is 527 g/mol. The second-order valence-electron chi connectivity index (χ2n) is 10.4. The topological polar surface area (TPSA) is 105 Å². The van der Waals surface area contributed by atoms with Crippen LogP contribution < -0.4 is 16.0 Å². The summed E-state index contributed by atoms with van der Waals surface area (Å²) < 4.78 is 2.39. The standard InChI is InChI=1S/C29H35N7.CH3NO/c1-21-19-36(24-11-6-7-12-24)28-26(21)22(2)31-29(33-28)32-27-25(13-8-14-30-27)35-17-15-34(16-18-35)20-23-9-4-3-5-10-23;2-1-3/h3-5,8-10,13-14,19,24H,6-7,11-12,15-18,20H2,1-2H3,(H,30,31,32,33);1H,(H2,2,3). The van der Waals surface area contributed by atoms with Gasteiger partial charge in [0.2, 0.25) is 12.4 Å². The summed E-state index contributed by atoms with van der Waals surface area (Å²) in [5, 5.41) is 4.66. The van der Waals surface area contributed by atoms with E-state index in [9.17, 15) is 0 Å². The third-order valence-corrected chi connectivity index (χ3v) is 7.74. The first-order valence-corrected chi connectivity index (χ1v) is 13.8. The Morgan fingerprint density at radius 1 is 1.00 bits per heavy atom. The van der Waals surface area contributed by atoms with Crippen LogP contribution in [0.1, 0.15) is 48.5 Å². The predicted octanol–water partition coefficient (Wildman–Crippen LogP) is 4.73. The Morgan fingerprint density at radius 3 is 2.44 bits per heavy atom. The molecule has 6 rings (SSSR count). The highest BCUT2D eigenvalue weighted by molar-refractivity contribution is 5.84. The van der Waals surface area contributed by atoms with Crippen LogP contribution in [0.15, 0.2) is 54.9 Å². The monoisotopic (exact) mass is 526 g/mol. The zero-order valence-corrected chi connectivity index (χ0v) is 22.9. The number of hydrogen-bond acceptors (Lipinski definition) is 7. The zero-order valence-electron chi connectivity index (χ0n) is 22.9. The quantitative estimate of drug-likeness (QED) is 0.350. The highest BCUT2D eigenvalue weighted by atomic mass is 16.1. The van der Waals surface area contributed by atoms with Crippen molar-refractivity contribution in [3.63, 3.8) is 0 Å². The fraction of sp³-hybridized carbons (Fsp3) is 0.400. The Hall–Kier alpha value is -3.98. The molecule has 0 unspecified atom stereocenters. The normalized spacial score (nSPS) is 16.2. The van der Waals surface area contributed by atoms with E-state index in [1.165, 1.54) is 42.2 Å². The highest BCUT2D eigenvalue weighted by Crippen LogP contribution is 2.35. The van der Waals surface area contributed by atoms with Crippen molar-refractivity contribution >= 4 is 34.9 Å². The molecule has 1 aromatic carbocycles. The minimum atomic E-state index is 0.250. The van der Waals surface area contributed by atoms with Crippen molar-refractivity contribution in [3.05, 3.63) is 71.7 Å². The second kappa shape index (κ2) is 12.3. The van der Waals surface area contributed by atoms with Gasteiger partial charge in [0, 0.05) is 56.5 Å². The van der Waals surface area contributed by atoms with E-state index in [1.54, 1.807) is 0 Å². The molecular weight excluding hydrogens is 488 g/mol. The second-order valence-corrected chi connectivity index (χ2v) is 10.4. The number of pyridine rings is 1. The Morgan fingerprint density at radius 2 is 1.72 bits per heavy atom. The number of anilines is 3. The van der Waals surface area contributed by atoms with Crippen molar-refractivity contribution in [1.29, 1.82) is 0 Å². The van der Waals surface area contributed by atoms with Gasteiger partial charge in [0.05, 0.1) is 11.4 Å². The molecule has 1 saturated carbocycles. The van der Waals surface area contributed by atoms with Gasteiger partial charge >= 0.3 is 0 Å². The van der Waals surface area contributed by atoms with E-state index in [0.717, 1.165) is 55.6 Å². The summed E-state index contributed by atoms with van der Waals surface area (Å²) in [6.45, 7) is 9.25. The molecule has 1 aliphatic heterocycles. The SMILES string of the molecule is Cc1cn(C2CCCC2)c2nc(Nc3ncccc3N3CCN(Cc4ccccc4)CC3)nc(C)c12.NC=O. The first-order chi connectivity index (χ1) is 19.1. The fourth-order valence-electron chi connectivity index (χ4n) is 5.90. The van der Waals surface area contributed by atoms with Gasteiger partial charge in [0.1, 0.15) is 5.65 Å². The average Bonchev–Trinajstić information content (AvgIpc) is 3.59. The van der Waals surface area contributed by atoms with Gasteiger partial charge in [-0.05, 0) is 49.9 Å². The van der Waals surface area contributed by atoms with E-state index in [2.05, 4.69) is 81.9 Å². The Bertz CT molecular complexity index is 1390. The number of primary amides is 1. The van der Waals surface area contributed by atoms with Crippen LogP contribution in [-0.2, 0) is 11.3 Å². The van der Waals surface area contributed by atoms with Crippen LogP contribution in [0.3, 0.4) is 0 Å². The van der Waals surface area contributed by atoms with Crippen molar-refractivity contribution in [3.8, 4) is 0 Å². The number of nitrogens with two attached hydrogens (primary N) is 1. The molecule has 9 nitrogen and oxygen atoms in total. The van der Waals surface area contributed by atoms with Crippen molar-refractivity contribution < 1.29 is 4.79 Å². The highest BCUT2D eigenvalue weighted by Gasteiger charge is 2.23. The lowest BCUT2D eigenvalue weighted by Gasteiger charge is -2.36. The van der Waals surface area contributed by atoms with E-state index < -0.39 is 0 Å². The molecule has 4 heterocycles. The molecule has 0 atom stereocenters. The summed E-state index contributed by atoms with van der Waals surface area (Å²) in [6.07, 6.45) is 9.43. The lowest BCUT2D eigenvalue weighted by atomic mass is 10.2. The van der Waals surface area contributed by atoms with E-state index in [1.807, 2.05) is 12.3 Å². The summed E-state index contributed by atoms with van der Waals surface area (Å²) in [6, 6.07) is 15.4. The minimum absolute atomic E-state index is 0.250. The molecule has 4 aromatic rings. The summed E-state index contributed by atoms with van der Waals surface area (Å²) in [5.74, 6) is 1.45. The number of aryl methyl sites for hydroxylation is 2. The van der Waals surface area contributed by atoms with Gasteiger partial charge in [-0.3, -0.25) is 9.69 Å². The number of rotatable bonds is 6. The lowest BCUT2D eigenvalue weighted by Crippen LogP contribution is -2.46. The summed E-state index contributed by atoms with van der Waals surface area (Å²) >= 11 is 0. The third kappa shape index (κ3) is 6.04. The summed E-state index contributed by atoms with van der Waals surface area (Å²) in [5.41, 5.74) is 9.97. The number of hydrogen-bond donors (Lipinski definition) is 2. The molecule has 0 spiro atoms. The summed E-state index contributed by atoms with van der Waals surface area (Å²) in [7, 11) is 0. The molecule has 0 bridgehead atoms. The molecular formula is C30H38N8O. The zero-order chi connectivity index (χ0) is 27.2. The van der Waals surface area contributed by atoms with Gasteiger partial charge in [-0.25, -0.2) is 9.97 Å². The van der Waals surface area contributed by atoms with E-state index in [-0.39, 0.29) is 6.41 Å². The Balaban J connectivity index is 0.000000983. The van der Waals surface area contributed by atoms with Crippen LogP contribution in [0.5, 0.6) is 0 Å². The van der Waals surface area contributed by atoms with Crippen LogP contribution >= 0.6 is 0 Å². The number of benzene rings is 1. The van der Waals surface area contributed by atoms with Gasteiger partial charge < -0.3 is 20.5 Å². The summed E-state index contributed by atoms with van der Waals surface area (Å²) in [4.78, 5) is 28.1. The van der Waals surface area contributed by atoms with Crippen LogP contribution in [0.25, 0.3) is 11.0 Å². The number of aromatic nitrogens is 4. The van der Waals surface area contributed by atoms with Crippen molar-refractivity contribution in [1.82, 2.24) is 24.4 Å². The third-order valence-electron chi connectivity index (χ3n) is 7.74. The van der Waals surface area contributed by atoms with Gasteiger partial charge in [-0.2, -0.15) is 4.98 Å². The maximum atomic E-state index is 8.58. The van der Waals surface area contributed by atoms with Gasteiger partial charge in [0.25, 0.3) is 0 Å². The number of piperazine rings is 1. The number of amides is 1. The Kier molecular flexibility index (Phi) is 8.36. The largest absolute Gasteiger partial charge is 0.372 e. The molecule has 2 fully saturated rings. The molecule has 3 aromatic heterocycles. The van der Waals surface area contributed by atoms with Crippen LogP contribution in [0.2, 0.25) is 0 Å². The molecule has 3 N–H and O–H groups in total. The van der Waals surface area contributed by atoms with Crippen molar-refractivity contribution in [2.75, 3.05) is 36.4 Å². The number of fused-ring (bicyclic) bond motifs is 1. The molecule has 39 heavy (non-hydrogen) atoms. The smallest absolute Gasteiger partial charge is 0.230 e. The molecule has 0 radical (unpaired) electrons. The molecule has 1 aliphatic carbocycles. The maximum absolute atomic E-state index is 8.58. The minimum Gasteiger partial charge on any atom is -0.372 e.